The third kappa shape index (κ3) is 4.59. The number of nitrogens with one attached hydrogen (secondary N) is 1. The molecule has 2 atom stereocenters. The molecule has 172 valence electrons. The van der Waals surface area contributed by atoms with Gasteiger partial charge in [-0.05, 0) is 74.0 Å². The molecule has 5 rings (SSSR count). The van der Waals surface area contributed by atoms with Crippen molar-refractivity contribution in [1.29, 1.82) is 0 Å². The van der Waals surface area contributed by atoms with Crippen LogP contribution in [0.25, 0.3) is 0 Å². The minimum absolute atomic E-state index is 0.0246. The maximum Gasteiger partial charge on any atom is 0.211 e. The standard InChI is InChI=1S/C26H35N3O2S/c1-2-15-32(30,31)27-22-18-29(19-22)23-11-9-21-10-12-26(28-13-6-14-28)25(24(21)17-23)16-20-7-4-3-5-8-20/h3-5,7-9,11,17,22,25-27H,2,6,10,12-16,18-19H2,1H3/t25-,26?/m1/s1. The molecule has 5 nitrogen and oxygen atoms in total. The molecule has 0 radical (unpaired) electrons. The zero-order valence-electron chi connectivity index (χ0n) is 19.0. The van der Waals surface area contributed by atoms with Gasteiger partial charge < -0.3 is 4.90 Å². The number of hydrogen-bond acceptors (Lipinski definition) is 4. The van der Waals surface area contributed by atoms with E-state index in [4.69, 9.17) is 0 Å². The minimum Gasteiger partial charge on any atom is -0.368 e. The van der Waals surface area contributed by atoms with E-state index >= 15 is 0 Å². The highest BCUT2D eigenvalue weighted by Gasteiger charge is 2.37. The summed E-state index contributed by atoms with van der Waals surface area (Å²) in [6.45, 7) is 5.87. The normalized spacial score (nSPS) is 24.0. The first kappa shape index (κ1) is 21.9. The van der Waals surface area contributed by atoms with Gasteiger partial charge in [0.2, 0.25) is 10.0 Å². The fourth-order valence-corrected chi connectivity index (χ4v) is 6.94. The van der Waals surface area contributed by atoms with Gasteiger partial charge in [-0.1, -0.05) is 43.3 Å². The number of likely N-dealkylation sites (tertiary alicyclic amines) is 1. The molecule has 2 fully saturated rings. The lowest BCUT2D eigenvalue weighted by atomic mass is 9.74. The number of sulfonamides is 1. The number of nitrogens with zero attached hydrogens (tertiary/aromatic N) is 2. The Morgan fingerprint density at radius 1 is 1.06 bits per heavy atom. The average Bonchev–Trinajstić information content (AvgIpc) is 2.71. The minimum atomic E-state index is -3.15. The molecule has 0 aromatic heterocycles. The third-order valence-corrected chi connectivity index (χ3v) is 9.06. The number of rotatable bonds is 8. The highest BCUT2D eigenvalue weighted by Crippen LogP contribution is 2.40. The van der Waals surface area contributed by atoms with E-state index < -0.39 is 10.0 Å². The summed E-state index contributed by atoms with van der Waals surface area (Å²) in [5, 5.41) is 0. The molecule has 2 aromatic carbocycles. The second-order valence-electron chi connectivity index (χ2n) is 9.71. The van der Waals surface area contributed by atoms with Crippen LogP contribution >= 0.6 is 0 Å². The fraction of sp³-hybridized carbons (Fsp3) is 0.538. The molecule has 0 bridgehead atoms. The van der Waals surface area contributed by atoms with Crippen LogP contribution in [0.4, 0.5) is 5.69 Å². The van der Waals surface area contributed by atoms with E-state index in [9.17, 15) is 8.42 Å². The second-order valence-corrected chi connectivity index (χ2v) is 11.6. The van der Waals surface area contributed by atoms with Gasteiger partial charge in [0, 0.05) is 30.7 Å². The maximum atomic E-state index is 12.1. The highest BCUT2D eigenvalue weighted by atomic mass is 32.2. The molecule has 1 N–H and O–H groups in total. The Morgan fingerprint density at radius 2 is 1.84 bits per heavy atom. The van der Waals surface area contributed by atoms with Gasteiger partial charge >= 0.3 is 0 Å². The van der Waals surface area contributed by atoms with Gasteiger partial charge in [-0.2, -0.15) is 0 Å². The van der Waals surface area contributed by atoms with Crippen molar-refractivity contribution in [1.82, 2.24) is 9.62 Å². The van der Waals surface area contributed by atoms with Crippen LogP contribution in [0.5, 0.6) is 0 Å². The summed E-state index contributed by atoms with van der Waals surface area (Å²) in [7, 11) is -3.15. The smallest absolute Gasteiger partial charge is 0.211 e. The maximum absolute atomic E-state index is 12.1. The fourth-order valence-electron chi connectivity index (χ4n) is 5.63. The molecule has 6 heteroatoms. The molecule has 3 aliphatic rings. The van der Waals surface area contributed by atoms with Crippen molar-refractivity contribution >= 4 is 15.7 Å². The molecule has 2 heterocycles. The van der Waals surface area contributed by atoms with E-state index in [0.29, 0.717) is 18.4 Å². The van der Waals surface area contributed by atoms with Gasteiger partial charge in [0.25, 0.3) is 0 Å². The SMILES string of the molecule is CCCS(=O)(=O)NC1CN(c2ccc3c(c2)[C@@H](Cc2ccccc2)C(N2CCC2)CC3)C1. The summed E-state index contributed by atoms with van der Waals surface area (Å²) < 4.78 is 27.0. The number of benzene rings is 2. The lowest BCUT2D eigenvalue weighted by Gasteiger charge is -2.46. The molecular formula is C26H35N3O2S. The number of hydrogen-bond donors (Lipinski definition) is 1. The van der Waals surface area contributed by atoms with Crippen LogP contribution in [-0.4, -0.2) is 57.3 Å². The zero-order chi connectivity index (χ0) is 22.1. The molecule has 0 spiro atoms. The van der Waals surface area contributed by atoms with Crippen molar-refractivity contribution in [3.63, 3.8) is 0 Å². The molecule has 1 unspecified atom stereocenters. The molecule has 2 saturated heterocycles. The number of aryl methyl sites for hydroxylation is 1. The van der Waals surface area contributed by atoms with Gasteiger partial charge in [-0.25, -0.2) is 13.1 Å². The van der Waals surface area contributed by atoms with Crippen molar-refractivity contribution in [3.05, 3.63) is 65.2 Å². The van der Waals surface area contributed by atoms with E-state index in [1.807, 2.05) is 6.92 Å². The van der Waals surface area contributed by atoms with Crippen molar-refractivity contribution < 1.29 is 8.42 Å². The van der Waals surface area contributed by atoms with E-state index in [1.165, 1.54) is 48.3 Å². The molecule has 2 aromatic rings. The summed E-state index contributed by atoms with van der Waals surface area (Å²) in [6, 6.07) is 18.5. The van der Waals surface area contributed by atoms with Crippen LogP contribution in [0.1, 0.15) is 48.8 Å². The number of fused-ring (bicyclic) bond motifs is 1. The summed E-state index contributed by atoms with van der Waals surface area (Å²) in [4.78, 5) is 5.00. The lowest BCUT2D eigenvalue weighted by Crippen LogP contribution is -2.59. The predicted octanol–water partition coefficient (Wildman–Crippen LogP) is 3.55. The number of anilines is 1. The first-order valence-corrected chi connectivity index (χ1v) is 13.8. The monoisotopic (exact) mass is 453 g/mol. The van der Waals surface area contributed by atoms with Crippen LogP contribution in [0.15, 0.2) is 48.5 Å². The van der Waals surface area contributed by atoms with E-state index in [0.717, 1.165) is 25.9 Å². The predicted molar refractivity (Wildman–Crippen MR) is 131 cm³/mol. The van der Waals surface area contributed by atoms with Gasteiger partial charge in [0.05, 0.1) is 11.8 Å². The first-order chi connectivity index (χ1) is 15.5. The Balaban J connectivity index is 1.35. The molecular weight excluding hydrogens is 418 g/mol. The first-order valence-electron chi connectivity index (χ1n) is 12.2. The van der Waals surface area contributed by atoms with Crippen molar-refractivity contribution in [2.75, 3.05) is 36.8 Å². The Morgan fingerprint density at radius 3 is 2.53 bits per heavy atom. The average molecular weight is 454 g/mol. The lowest BCUT2D eigenvalue weighted by molar-refractivity contribution is 0.0877. The quantitative estimate of drug-likeness (QED) is 0.664. The highest BCUT2D eigenvalue weighted by molar-refractivity contribution is 7.89. The largest absolute Gasteiger partial charge is 0.368 e. The summed E-state index contributed by atoms with van der Waals surface area (Å²) >= 11 is 0. The van der Waals surface area contributed by atoms with Crippen LogP contribution in [0, 0.1) is 0 Å². The van der Waals surface area contributed by atoms with Crippen LogP contribution in [0.2, 0.25) is 0 Å². The van der Waals surface area contributed by atoms with E-state index in [-0.39, 0.29) is 11.8 Å². The zero-order valence-corrected chi connectivity index (χ0v) is 19.9. The van der Waals surface area contributed by atoms with Crippen molar-refractivity contribution in [2.24, 2.45) is 0 Å². The Bertz CT molecular complexity index is 1030. The van der Waals surface area contributed by atoms with Gasteiger partial charge in [0.15, 0.2) is 0 Å². The second kappa shape index (κ2) is 9.16. The topological polar surface area (TPSA) is 52.7 Å². The van der Waals surface area contributed by atoms with E-state index in [1.54, 1.807) is 0 Å². The molecule has 32 heavy (non-hydrogen) atoms. The summed E-state index contributed by atoms with van der Waals surface area (Å²) in [5.41, 5.74) is 5.64. The third-order valence-electron chi connectivity index (χ3n) is 7.43. The van der Waals surface area contributed by atoms with Gasteiger partial charge in [-0.15, -0.1) is 0 Å². The van der Waals surface area contributed by atoms with Gasteiger partial charge in [0.1, 0.15) is 0 Å². The Labute approximate surface area is 192 Å². The Hall–Kier alpha value is -1.89. The molecule has 0 amide bonds. The Kier molecular flexibility index (Phi) is 6.28. The molecule has 1 aliphatic carbocycles. The van der Waals surface area contributed by atoms with E-state index in [2.05, 4.69) is 63.1 Å². The van der Waals surface area contributed by atoms with Gasteiger partial charge in [-0.3, -0.25) is 4.90 Å². The van der Waals surface area contributed by atoms with Crippen molar-refractivity contribution in [3.8, 4) is 0 Å². The summed E-state index contributed by atoms with van der Waals surface area (Å²) in [6.07, 6.45) is 5.45. The van der Waals surface area contributed by atoms with Crippen LogP contribution < -0.4 is 9.62 Å². The molecule has 2 aliphatic heterocycles. The van der Waals surface area contributed by atoms with Crippen LogP contribution in [0.3, 0.4) is 0 Å². The molecule has 0 saturated carbocycles. The van der Waals surface area contributed by atoms with Crippen molar-refractivity contribution in [2.45, 2.75) is 57.0 Å². The summed E-state index contributed by atoms with van der Waals surface area (Å²) in [5.74, 6) is 0.725. The van der Waals surface area contributed by atoms with Crippen LogP contribution in [-0.2, 0) is 22.9 Å².